The molecule has 0 fully saturated rings. The van der Waals surface area contributed by atoms with E-state index in [9.17, 15) is 5.11 Å². The maximum atomic E-state index is 9.55. The highest BCUT2D eigenvalue weighted by Crippen LogP contribution is 2.27. The lowest BCUT2D eigenvalue weighted by Crippen LogP contribution is -2.30. The molecule has 20 heavy (non-hydrogen) atoms. The lowest BCUT2D eigenvalue weighted by molar-refractivity contribution is 0.0866. The third-order valence-electron chi connectivity index (χ3n) is 3.18. The fourth-order valence-corrected chi connectivity index (χ4v) is 2.25. The van der Waals surface area contributed by atoms with E-state index in [2.05, 4.69) is 31.2 Å². The Labute approximate surface area is 122 Å². The van der Waals surface area contributed by atoms with Gasteiger partial charge in [-0.2, -0.15) is 0 Å². The molecule has 0 radical (unpaired) electrons. The van der Waals surface area contributed by atoms with Crippen molar-refractivity contribution in [2.75, 3.05) is 13.3 Å². The quantitative estimate of drug-likeness (QED) is 0.828. The predicted molar refractivity (Wildman–Crippen MR) is 85.5 cm³/mol. The van der Waals surface area contributed by atoms with Crippen LogP contribution in [0.15, 0.2) is 60.7 Å². The SMILES string of the molecule is CC.CCN(CO)C(c1ccccc1)c1ccccc1. The number of nitrogens with zero attached hydrogens (tertiary/aromatic N) is 1. The second kappa shape index (κ2) is 9.29. The molecule has 0 unspecified atom stereocenters. The minimum Gasteiger partial charge on any atom is -0.381 e. The molecule has 2 aromatic rings. The zero-order valence-electron chi connectivity index (χ0n) is 12.7. The van der Waals surface area contributed by atoms with Gasteiger partial charge in [0.25, 0.3) is 0 Å². The lowest BCUT2D eigenvalue weighted by Gasteiger charge is -2.29. The van der Waals surface area contributed by atoms with E-state index < -0.39 is 0 Å². The summed E-state index contributed by atoms with van der Waals surface area (Å²) in [5.74, 6) is 0. The first-order valence-corrected chi connectivity index (χ1v) is 7.31. The fraction of sp³-hybridized carbons (Fsp3) is 0.333. The Bertz CT molecular complexity index is 412. The second-order valence-electron chi connectivity index (χ2n) is 4.27. The number of hydrogen-bond acceptors (Lipinski definition) is 2. The monoisotopic (exact) mass is 271 g/mol. The van der Waals surface area contributed by atoms with Crippen LogP contribution in [0.4, 0.5) is 0 Å². The molecule has 0 aliphatic rings. The Kier molecular flexibility index (Phi) is 7.63. The molecule has 0 aliphatic carbocycles. The number of hydrogen-bond donors (Lipinski definition) is 1. The molecular weight excluding hydrogens is 246 g/mol. The number of aliphatic hydroxyl groups is 1. The highest BCUT2D eigenvalue weighted by atomic mass is 16.3. The summed E-state index contributed by atoms with van der Waals surface area (Å²) in [6, 6.07) is 20.7. The van der Waals surface area contributed by atoms with Gasteiger partial charge >= 0.3 is 0 Å². The van der Waals surface area contributed by atoms with E-state index in [1.807, 2.05) is 55.1 Å². The van der Waals surface area contributed by atoms with E-state index in [1.54, 1.807) is 0 Å². The zero-order valence-corrected chi connectivity index (χ0v) is 12.7. The highest BCUT2D eigenvalue weighted by Gasteiger charge is 2.19. The average molecular weight is 271 g/mol. The molecule has 1 N–H and O–H groups in total. The molecule has 0 saturated carbocycles. The molecule has 0 saturated heterocycles. The van der Waals surface area contributed by atoms with Crippen molar-refractivity contribution in [2.45, 2.75) is 26.8 Å². The topological polar surface area (TPSA) is 23.5 Å². The van der Waals surface area contributed by atoms with Crippen molar-refractivity contribution < 1.29 is 5.11 Å². The van der Waals surface area contributed by atoms with Crippen LogP contribution in [0.3, 0.4) is 0 Å². The van der Waals surface area contributed by atoms with Crippen LogP contribution in [0.1, 0.15) is 37.9 Å². The van der Waals surface area contributed by atoms with Gasteiger partial charge in [-0.15, -0.1) is 0 Å². The molecule has 2 rings (SSSR count). The molecule has 108 valence electrons. The smallest absolute Gasteiger partial charge is 0.0964 e. The van der Waals surface area contributed by atoms with Crippen LogP contribution in [-0.2, 0) is 0 Å². The van der Waals surface area contributed by atoms with Crippen LogP contribution in [0, 0.1) is 0 Å². The van der Waals surface area contributed by atoms with Crippen molar-refractivity contribution in [3.05, 3.63) is 71.8 Å². The van der Waals surface area contributed by atoms with Crippen molar-refractivity contribution in [3.63, 3.8) is 0 Å². The Hall–Kier alpha value is -1.64. The van der Waals surface area contributed by atoms with E-state index in [0.29, 0.717) is 0 Å². The molecule has 2 nitrogen and oxygen atoms in total. The minimum absolute atomic E-state index is 0.0605. The first-order chi connectivity index (χ1) is 9.86. The fourth-order valence-electron chi connectivity index (χ4n) is 2.25. The summed E-state index contributed by atoms with van der Waals surface area (Å²) in [5, 5.41) is 9.55. The molecule has 2 aromatic carbocycles. The summed E-state index contributed by atoms with van der Waals surface area (Å²) in [5.41, 5.74) is 2.42. The van der Waals surface area contributed by atoms with Gasteiger partial charge in [0.15, 0.2) is 0 Å². The van der Waals surface area contributed by atoms with E-state index in [1.165, 1.54) is 11.1 Å². The predicted octanol–water partition coefficient (Wildman–Crippen LogP) is 4.07. The van der Waals surface area contributed by atoms with Crippen molar-refractivity contribution in [1.82, 2.24) is 4.90 Å². The average Bonchev–Trinajstić information content (AvgIpc) is 2.56. The second-order valence-corrected chi connectivity index (χ2v) is 4.27. The highest BCUT2D eigenvalue weighted by molar-refractivity contribution is 5.31. The van der Waals surface area contributed by atoms with Gasteiger partial charge in [-0.25, -0.2) is 0 Å². The summed E-state index contributed by atoms with van der Waals surface area (Å²) in [6.07, 6.45) is 0. The van der Waals surface area contributed by atoms with E-state index in [-0.39, 0.29) is 12.8 Å². The Morgan fingerprint density at radius 1 is 0.850 bits per heavy atom. The van der Waals surface area contributed by atoms with Gasteiger partial charge in [-0.3, -0.25) is 4.90 Å². The van der Waals surface area contributed by atoms with E-state index in [4.69, 9.17) is 0 Å². The number of aliphatic hydroxyl groups excluding tert-OH is 1. The third kappa shape index (κ3) is 4.19. The van der Waals surface area contributed by atoms with Gasteiger partial charge in [0.2, 0.25) is 0 Å². The molecule has 0 heterocycles. The van der Waals surface area contributed by atoms with Gasteiger partial charge in [0, 0.05) is 0 Å². The maximum Gasteiger partial charge on any atom is 0.0964 e. The number of benzene rings is 2. The Morgan fingerprint density at radius 3 is 1.55 bits per heavy atom. The first kappa shape index (κ1) is 16.4. The molecule has 0 amide bonds. The molecule has 0 bridgehead atoms. The summed E-state index contributed by atoms with van der Waals surface area (Å²) in [6.45, 7) is 6.94. The van der Waals surface area contributed by atoms with Crippen LogP contribution in [-0.4, -0.2) is 23.3 Å². The standard InChI is InChI=1S/C16H19NO.C2H6/c1-2-17(13-18)16(14-9-5-3-6-10-14)15-11-7-4-8-12-15;1-2/h3-12,16,18H,2,13H2,1H3;1-2H3. The molecule has 2 heteroatoms. The maximum absolute atomic E-state index is 9.55. The van der Waals surface area contributed by atoms with E-state index in [0.717, 1.165) is 6.54 Å². The van der Waals surface area contributed by atoms with Crippen LogP contribution in [0.25, 0.3) is 0 Å². The van der Waals surface area contributed by atoms with Gasteiger partial charge in [-0.05, 0) is 17.7 Å². The lowest BCUT2D eigenvalue weighted by atomic mass is 9.97. The van der Waals surface area contributed by atoms with Crippen LogP contribution in [0.2, 0.25) is 0 Å². The van der Waals surface area contributed by atoms with Crippen LogP contribution >= 0.6 is 0 Å². The summed E-state index contributed by atoms with van der Waals surface area (Å²) in [7, 11) is 0. The third-order valence-corrected chi connectivity index (χ3v) is 3.18. The summed E-state index contributed by atoms with van der Waals surface area (Å²) < 4.78 is 0. The Morgan fingerprint density at radius 2 is 1.25 bits per heavy atom. The van der Waals surface area contributed by atoms with Crippen molar-refractivity contribution in [3.8, 4) is 0 Å². The van der Waals surface area contributed by atoms with Crippen molar-refractivity contribution in [1.29, 1.82) is 0 Å². The normalized spacial score (nSPS) is 10.3. The first-order valence-electron chi connectivity index (χ1n) is 7.31. The molecule has 0 aliphatic heterocycles. The van der Waals surface area contributed by atoms with Gasteiger partial charge in [0.1, 0.15) is 0 Å². The van der Waals surface area contributed by atoms with Crippen LogP contribution in [0.5, 0.6) is 0 Å². The summed E-state index contributed by atoms with van der Waals surface area (Å²) in [4.78, 5) is 2.05. The zero-order chi connectivity index (χ0) is 14.8. The molecular formula is C18H25NO. The number of rotatable bonds is 5. The van der Waals surface area contributed by atoms with Crippen molar-refractivity contribution >= 4 is 0 Å². The molecule has 0 spiro atoms. The Balaban J connectivity index is 0.000000956. The van der Waals surface area contributed by atoms with Gasteiger partial charge in [-0.1, -0.05) is 81.4 Å². The summed E-state index contributed by atoms with van der Waals surface area (Å²) >= 11 is 0. The van der Waals surface area contributed by atoms with Gasteiger partial charge in [0.05, 0.1) is 12.8 Å². The minimum atomic E-state index is 0.0605. The van der Waals surface area contributed by atoms with Gasteiger partial charge < -0.3 is 5.11 Å². The largest absolute Gasteiger partial charge is 0.381 e. The van der Waals surface area contributed by atoms with Crippen molar-refractivity contribution in [2.24, 2.45) is 0 Å². The molecule has 0 aromatic heterocycles. The van der Waals surface area contributed by atoms with E-state index >= 15 is 0 Å². The van der Waals surface area contributed by atoms with Crippen LogP contribution < -0.4 is 0 Å². The molecule has 0 atom stereocenters.